The number of hydrogen-bond acceptors (Lipinski definition) is 1. The van der Waals surface area contributed by atoms with Crippen LogP contribution in [0, 0.1) is 0 Å². The third kappa shape index (κ3) is 25.0. The van der Waals surface area contributed by atoms with E-state index in [4.69, 9.17) is 5.11 Å². The number of allylic oxidation sites excluding steroid dienone is 5. The van der Waals surface area contributed by atoms with Gasteiger partial charge in [-0.05, 0) is 12.8 Å². The van der Waals surface area contributed by atoms with Crippen LogP contribution in [-0.4, -0.2) is 16.6 Å². The Morgan fingerprint density at radius 3 is 1.60 bits per heavy atom. The Labute approximate surface area is 155 Å². The Kier molecular flexibility index (Phi) is 23.5. The quantitative estimate of drug-likeness (QED) is 0.187. The van der Waals surface area contributed by atoms with E-state index in [2.05, 4.69) is 13.0 Å². The zero-order valence-electron chi connectivity index (χ0n) is 16.2. The fraction of sp³-hybridized carbons (Fsp3) is 0.682. The molecule has 0 unspecified atom stereocenters. The molecule has 0 radical (unpaired) electrons. The van der Waals surface area contributed by atoms with Crippen molar-refractivity contribution in [3.8, 4) is 0 Å². The number of carboxylic acids is 1. The zero-order valence-corrected chi connectivity index (χ0v) is 16.2. The molecule has 3 nitrogen and oxygen atoms in total. The largest absolute Gasteiger partial charge is 0.478 e. The molecule has 146 valence electrons. The second-order valence-corrected chi connectivity index (χ2v) is 6.54. The summed E-state index contributed by atoms with van der Waals surface area (Å²) in [5, 5.41) is 8.42. The molecule has 0 amide bonds. The Bertz CT molecular complexity index is 356. The SMILES string of the molecule is CCCCCCCCCCCCCCCC=CC=CC=CC(=O)O.O. The topological polar surface area (TPSA) is 68.8 Å². The van der Waals surface area contributed by atoms with Crippen LogP contribution >= 0.6 is 0 Å². The minimum absolute atomic E-state index is 0. The molecule has 0 aromatic heterocycles. The first-order valence-electron chi connectivity index (χ1n) is 10.00. The lowest BCUT2D eigenvalue weighted by Gasteiger charge is -2.02. The van der Waals surface area contributed by atoms with Gasteiger partial charge in [0.1, 0.15) is 0 Å². The normalized spacial score (nSPS) is 11.6. The number of carbonyl (C=O) groups is 1. The zero-order chi connectivity index (χ0) is 17.7. The number of hydrogen-bond donors (Lipinski definition) is 1. The third-order valence-electron chi connectivity index (χ3n) is 4.18. The summed E-state index contributed by atoms with van der Waals surface area (Å²) in [4.78, 5) is 10.2. The molecule has 25 heavy (non-hydrogen) atoms. The summed E-state index contributed by atoms with van der Waals surface area (Å²) in [6, 6.07) is 0. The maximum absolute atomic E-state index is 10.2. The standard InChI is InChI=1S/C22H38O2.H2O/c1-2-3-4-5-6-7-8-9-10-11-12-13-14-15-16-17-18-19-20-21-22(23)24;/h16-21H,2-15H2,1H3,(H,23,24);1H2. The van der Waals surface area contributed by atoms with E-state index in [0.717, 1.165) is 12.5 Å². The van der Waals surface area contributed by atoms with Crippen molar-refractivity contribution in [2.45, 2.75) is 96.8 Å². The van der Waals surface area contributed by atoms with Gasteiger partial charge in [-0.25, -0.2) is 4.79 Å². The Balaban J connectivity index is 0. The number of unbranched alkanes of at least 4 members (excludes halogenated alkanes) is 13. The van der Waals surface area contributed by atoms with E-state index in [1.54, 1.807) is 6.08 Å². The van der Waals surface area contributed by atoms with Crippen molar-refractivity contribution in [2.24, 2.45) is 0 Å². The van der Waals surface area contributed by atoms with Crippen molar-refractivity contribution in [3.63, 3.8) is 0 Å². The molecule has 0 aliphatic rings. The van der Waals surface area contributed by atoms with Gasteiger partial charge in [0, 0.05) is 6.08 Å². The fourth-order valence-corrected chi connectivity index (χ4v) is 2.72. The predicted molar refractivity (Wildman–Crippen MR) is 109 cm³/mol. The molecule has 0 bridgehead atoms. The van der Waals surface area contributed by atoms with E-state index in [1.807, 2.05) is 12.2 Å². The van der Waals surface area contributed by atoms with Crippen molar-refractivity contribution in [1.29, 1.82) is 0 Å². The molecule has 0 heterocycles. The average Bonchev–Trinajstić information content (AvgIpc) is 2.56. The van der Waals surface area contributed by atoms with E-state index >= 15 is 0 Å². The van der Waals surface area contributed by atoms with Crippen LogP contribution in [0.15, 0.2) is 36.5 Å². The first-order chi connectivity index (χ1) is 11.8. The average molecular weight is 353 g/mol. The monoisotopic (exact) mass is 352 g/mol. The van der Waals surface area contributed by atoms with Crippen LogP contribution in [0.3, 0.4) is 0 Å². The molecule has 0 aromatic rings. The van der Waals surface area contributed by atoms with Crippen LogP contribution in [0.25, 0.3) is 0 Å². The molecule has 0 aromatic carbocycles. The summed E-state index contributed by atoms with van der Waals surface area (Å²) < 4.78 is 0. The van der Waals surface area contributed by atoms with Gasteiger partial charge < -0.3 is 10.6 Å². The van der Waals surface area contributed by atoms with Crippen molar-refractivity contribution >= 4 is 5.97 Å². The Morgan fingerprint density at radius 2 is 1.12 bits per heavy atom. The number of rotatable bonds is 17. The summed E-state index contributed by atoms with van der Waals surface area (Å²) in [7, 11) is 0. The molecule has 3 N–H and O–H groups in total. The molecule has 0 atom stereocenters. The highest BCUT2D eigenvalue weighted by atomic mass is 16.4. The van der Waals surface area contributed by atoms with Gasteiger partial charge in [-0.3, -0.25) is 0 Å². The Morgan fingerprint density at radius 1 is 0.680 bits per heavy atom. The van der Waals surface area contributed by atoms with Crippen LogP contribution in [0.2, 0.25) is 0 Å². The summed E-state index contributed by atoms with van der Waals surface area (Å²) in [6.45, 7) is 2.27. The molecule has 0 fully saturated rings. The third-order valence-corrected chi connectivity index (χ3v) is 4.18. The lowest BCUT2D eigenvalue weighted by molar-refractivity contribution is -0.131. The van der Waals surface area contributed by atoms with Crippen molar-refractivity contribution in [3.05, 3.63) is 36.5 Å². The van der Waals surface area contributed by atoms with E-state index in [9.17, 15) is 4.79 Å². The van der Waals surface area contributed by atoms with Crippen molar-refractivity contribution in [2.75, 3.05) is 0 Å². The van der Waals surface area contributed by atoms with Crippen molar-refractivity contribution in [1.82, 2.24) is 0 Å². The molecular weight excluding hydrogens is 312 g/mol. The minimum atomic E-state index is -0.907. The minimum Gasteiger partial charge on any atom is -0.478 e. The first-order valence-corrected chi connectivity index (χ1v) is 10.00. The maximum atomic E-state index is 10.2. The molecular formula is C22H40O3. The molecule has 3 heteroatoms. The predicted octanol–water partition coefficient (Wildman–Crippen LogP) is 6.40. The molecule has 0 saturated heterocycles. The first kappa shape index (κ1) is 25.9. The van der Waals surface area contributed by atoms with Crippen LogP contribution in [-0.2, 0) is 4.79 Å². The van der Waals surface area contributed by atoms with Gasteiger partial charge in [0.15, 0.2) is 0 Å². The molecule has 0 aliphatic heterocycles. The van der Waals surface area contributed by atoms with Gasteiger partial charge in [0.05, 0.1) is 0 Å². The fourth-order valence-electron chi connectivity index (χ4n) is 2.72. The van der Waals surface area contributed by atoms with Gasteiger partial charge in [-0.15, -0.1) is 0 Å². The van der Waals surface area contributed by atoms with Gasteiger partial charge in [-0.2, -0.15) is 0 Å². The second kappa shape index (κ2) is 22.6. The van der Waals surface area contributed by atoms with Gasteiger partial charge in [-0.1, -0.05) is 114 Å². The van der Waals surface area contributed by atoms with Crippen molar-refractivity contribution < 1.29 is 15.4 Å². The summed E-state index contributed by atoms with van der Waals surface area (Å²) in [6.07, 6.45) is 29.6. The van der Waals surface area contributed by atoms with E-state index in [-0.39, 0.29) is 5.48 Å². The summed E-state index contributed by atoms with van der Waals surface area (Å²) >= 11 is 0. The van der Waals surface area contributed by atoms with Crippen LogP contribution in [0.1, 0.15) is 96.8 Å². The maximum Gasteiger partial charge on any atom is 0.328 e. The number of aliphatic carboxylic acids is 1. The highest BCUT2D eigenvalue weighted by Gasteiger charge is 1.93. The van der Waals surface area contributed by atoms with Crippen LogP contribution in [0.5, 0.6) is 0 Å². The highest BCUT2D eigenvalue weighted by Crippen LogP contribution is 2.12. The second-order valence-electron chi connectivity index (χ2n) is 6.54. The van der Waals surface area contributed by atoms with Crippen LogP contribution < -0.4 is 0 Å². The van der Waals surface area contributed by atoms with Crippen LogP contribution in [0.4, 0.5) is 0 Å². The number of carboxylic acid groups (broad SMARTS) is 1. The van der Waals surface area contributed by atoms with E-state index in [0.29, 0.717) is 0 Å². The van der Waals surface area contributed by atoms with E-state index in [1.165, 1.54) is 89.5 Å². The van der Waals surface area contributed by atoms with Gasteiger partial charge in [0.2, 0.25) is 0 Å². The Hall–Kier alpha value is -1.35. The molecule has 0 aliphatic carbocycles. The van der Waals surface area contributed by atoms with E-state index < -0.39 is 5.97 Å². The van der Waals surface area contributed by atoms with Gasteiger partial charge >= 0.3 is 5.97 Å². The lowest BCUT2D eigenvalue weighted by atomic mass is 10.0. The highest BCUT2D eigenvalue weighted by molar-refractivity contribution is 5.80. The summed E-state index contributed by atoms with van der Waals surface area (Å²) in [5.74, 6) is -0.907. The summed E-state index contributed by atoms with van der Waals surface area (Å²) in [5.41, 5.74) is 0. The van der Waals surface area contributed by atoms with Gasteiger partial charge in [0.25, 0.3) is 0 Å². The smallest absolute Gasteiger partial charge is 0.328 e. The molecule has 0 saturated carbocycles. The molecule has 0 rings (SSSR count). The molecule has 0 spiro atoms. The lowest BCUT2D eigenvalue weighted by Crippen LogP contribution is -1.84.